The maximum absolute atomic E-state index is 12.4. The van der Waals surface area contributed by atoms with E-state index < -0.39 is 29.3 Å². The van der Waals surface area contributed by atoms with Crippen LogP contribution in [0.3, 0.4) is 0 Å². The molecule has 0 fully saturated rings. The molecule has 0 spiro atoms. The first-order valence-electron chi connectivity index (χ1n) is 9.47. The van der Waals surface area contributed by atoms with E-state index in [0.29, 0.717) is 0 Å². The first-order valence-corrected chi connectivity index (χ1v) is 9.47. The van der Waals surface area contributed by atoms with Crippen molar-refractivity contribution in [2.45, 2.75) is 27.2 Å². The normalized spacial score (nSPS) is 10.9. The number of carbonyl (C=O) groups is 4. The van der Waals surface area contributed by atoms with Crippen molar-refractivity contribution in [2.75, 3.05) is 0 Å². The van der Waals surface area contributed by atoms with Crippen LogP contribution >= 0.6 is 0 Å². The monoisotopic (exact) mass is 438 g/mol. The molecule has 0 aliphatic carbocycles. The Morgan fingerprint density at radius 3 is 2.22 bits per heavy atom. The Morgan fingerprint density at radius 2 is 1.62 bits per heavy atom. The molecule has 0 heterocycles. The van der Waals surface area contributed by atoms with Crippen LogP contribution < -0.4 is 9.47 Å². The Hall–Kier alpha value is -4.20. The van der Waals surface area contributed by atoms with Gasteiger partial charge in [-0.2, -0.15) is 0 Å². The second-order valence-electron chi connectivity index (χ2n) is 6.97. The second-order valence-corrected chi connectivity index (χ2v) is 6.97. The number of hydrogen-bond donors (Lipinski definition) is 2. The number of phenolic OH excluding ortho intramolecular Hbond substituents is 2. The zero-order chi connectivity index (χ0) is 24.0. The van der Waals surface area contributed by atoms with E-state index in [4.69, 9.17) is 9.47 Å². The average molecular weight is 438 g/mol. The summed E-state index contributed by atoms with van der Waals surface area (Å²) in [7, 11) is 0. The largest absolute Gasteiger partial charge is 0.504 e. The number of hydrogen-bond acceptors (Lipinski definition) is 8. The van der Waals surface area contributed by atoms with Gasteiger partial charge in [0.2, 0.25) is 0 Å². The third-order valence-electron chi connectivity index (χ3n) is 4.32. The fourth-order valence-corrected chi connectivity index (χ4v) is 2.49. The minimum Gasteiger partial charge on any atom is -0.504 e. The van der Waals surface area contributed by atoms with Crippen LogP contribution in [-0.4, -0.2) is 33.7 Å². The van der Waals surface area contributed by atoms with Gasteiger partial charge in [-0.15, -0.1) is 0 Å². The molecule has 0 amide bonds. The number of para-hydroxylation sites is 1. The van der Waals surface area contributed by atoms with Crippen LogP contribution in [0.1, 0.15) is 47.9 Å². The van der Waals surface area contributed by atoms with E-state index in [1.165, 1.54) is 57.2 Å². The number of ether oxygens (including phenoxy) is 2. The van der Waals surface area contributed by atoms with Crippen molar-refractivity contribution in [3.8, 4) is 23.0 Å². The molecule has 0 aromatic heterocycles. The summed E-state index contributed by atoms with van der Waals surface area (Å²) >= 11 is 0. The molecule has 0 saturated heterocycles. The Bertz CT molecular complexity index is 1140. The minimum absolute atomic E-state index is 0.0464. The molecule has 2 aromatic carbocycles. The summed E-state index contributed by atoms with van der Waals surface area (Å²) in [5, 5.41) is 19.9. The maximum Gasteiger partial charge on any atom is 0.338 e. The highest BCUT2D eigenvalue weighted by molar-refractivity contribution is 6.01. The lowest BCUT2D eigenvalue weighted by atomic mass is 10.1. The lowest BCUT2D eigenvalue weighted by Gasteiger charge is -2.10. The molecule has 2 rings (SSSR count). The lowest BCUT2D eigenvalue weighted by molar-refractivity contribution is -0.131. The first-order chi connectivity index (χ1) is 15.0. The van der Waals surface area contributed by atoms with Gasteiger partial charge in [0.15, 0.2) is 34.6 Å². The molecule has 8 nitrogen and oxygen atoms in total. The Labute approximate surface area is 184 Å². The summed E-state index contributed by atoms with van der Waals surface area (Å²) in [5.41, 5.74) is 0.406. The molecule has 166 valence electrons. The third kappa shape index (κ3) is 5.91. The highest BCUT2D eigenvalue weighted by Gasteiger charge is 2.18. The first kappa shape index (κ1) is 24.1. The molecule has 0 radical (unpaired) electrons. The van der Waals surface area contributed by atoms with Gasteiger partial charge in [-0.05, 0) is 51.1 Å². The maximum atomic E-state index is 12.4. The van der Waals surface area contributed by atoms with E-state index in [1.54, 1.807) is 0 Å². The molecule has 0 aliphatic heterocycles. The molecule has 32 heavy (non-hydrogen) atoms. The van der Waals surface area contributed by atoms with Crippen LogP contribution in [0.2, 0.25) is 0 Å². The molecule has 2 aromatic rings. The van der Waals surface area contributed by atoms with Gasteiger partial charge in [-0.25, -0.2) is 9.59 Å². The molecule has 0 bridgehead atoms. The molecule has 8 heteroatoms. The number of ketones is 2. The van der Waals surface area contributed by atoms with Gasteiger partial charge >= 0.3 is 11.9 Å². The smallest absolute Gasteiger partial charge is 0.338 e. The zero-order valence-electron chi connectivity index (χ0n) is 17.8. The standard InChI is InChI=1S/C24H22O8/c1-13(2)23(29)31-21-11-9-16(12-20(21)28)18(26)10-8-14(3)24(30)32-22-17(15(4)25)6-5-7-19(22)27/h5-9,11-12,27-28H,1,10H2,2-4H3/b14-8+. The SMILES string of the molecule is C=C(C)C(=O)Oc1ccc(C(=O)C/C=C(\C)C(=O)Oc2c(O)cccc2C(C)=O)cc1O. The summed E-state index contributed by atoms with van der Waals surface area (Å²) in [6, 6.07) is 7.93. The average Bonchev–Trinajstić information content (AvgIpc) is 2.73. The van der Waals surface area contributed by atoms with Crippen LogP contribution in [0.15, 0.2) is 60.2 Å². The van der Waals surface area contributed by atoms with Gasteiger partial charge in [0.25, 0.3) is 0 Å². The molecular weight excluding hydrogens is 416 g/mol. The van der Waals surface area contributed by atoms with E-state index in [2.05, 4.69) is 6.58 Å². The van der Waals surface area contributed by atoms with E-state index in [-0.39, 0.29) is 45.9 Å². The molecule has 0 saturated carbocycles. The van der Waals surface area contributed by atoms with Gasteiger partial charge in [0.05, 0.1) is 5.56 Å². The van der Waals surface area contributed by atoms with Crippen LogP contribution in [0, 0.1) is 0 Å². The number of rotatable bonds is 8. The van der Waals surface area contributed by atoms with Crippen LogP contribution in [-0.2, 0) is 9.59 Å². The summed E-state index contributed by atoms with van der Waals surface area (Å²) in [5.74, 6) is -3.50. The van der Waals surface area contributed by atoms with Gasteiger partial charge in [0, 0.05) is 23.1 Å². The van der Waals surface area contributed by atoms with Gasteiger partial charge in [-0.1, -0.05) is 18.7 Å². The van der Waals surface area contributed by atoms with Crippen molar-refractivity contribution in [3.63, 3.8) is 0 Å². The van der Waals surface area contributed by atoms with Crippen molar-refractivity contribution in [1.82, 2.24) is 0 Å². The summed E-state index contributed by atoms with van der Waals surface area (Å²) in [6.45, 7) is 7.59. The summed E-state index contributed by atoms with van der Waals surface area (Å²) < 4.78 is 10.1. The fraction of sp³-hybridized carbons (Fsp3) is 0.167. The summed E-state index contributed by atoms with van der Waals surface area (Å²) in [6.07, 6.45) is 1.13. The highest BCUT2D eigenvalue weighted by Crippen LogP contribution is 2.31. The molecule has 0 unspecified atom stereocenters. The number of esters is 2. The molecular formula is C24H22O8. The van der Waals surface area contributed by atoms with Gasteiger partial charge in [0.1, 0.15) is 0 Å². The number of carbonyl (C=O) groups excluding carboxylic acids is 4. The van der Waals surface area contributed by atoms with E-state index in [9.17, 15) is 29.4 Å². The van der Waals surface area contributed by atoms with Crippen molar-refractivity contribution < 1.29 is 38.9 Å². The van der Waals surface area contributed by atoms with Gasteiger partial charge < -0.3 is 19.7 Å². The number of allylic oxidation sites excluding steroid dienone is 1. The summed E-state index contributed by atoms with van der Waals surface area (Å²) in [4.78, 5) is 48.0. The lowest BCUT2D eigenvalue weighted by Crippen LogP contribution is -2.12. The van der Waals surface area contributed by atoms with Crippen LogP contribution in [0.4, 0.5) is 0 Å². The third-order valence-corrected chi connectivity index (χ3v) is 4.32. The predicted molar refractivity (Wildman–Crippen MR) is 115 cm³/mol. The predicted octanol–water partition coefficient (Wildman–Crippen LogP) is 3.91. The second kappa shape index (κ2) is 10.2. The fourth-order valence-electron chi connectivity index (χ4n) is 2.49. The number of benzene rings is 2. The minimum atomic E-state index is -0.841. The van der Waals surface area contributed by atoms with Crippen molar-refractivity contribution in [1.29, 1.82) is 0 Å². The topological polar surface area (TPSA) is 127 Å². The molecule has 0 atom stereocenters. The number of Topliss-reactive ketones (excluding diaryl/α,β-unsaturated/α-hetero) is 2. The quantitative estimate of drug-likeness (QED) is 0.275. The van der Waals surface area contributed by atoms with Gasteiger partial charge in [-0.3, -0.25) is 9.59 Å². The Kier molecular flexibility index (Phi) is 7.68. The molecule has 2 N–H and O–H groups in total. The number of aromatic hydroxyl groups is 2. The van der Waals surface area contributed by atoms with E-state index >= 15 is 0 Å². The van der Waals surface area contributed by atoms with Crippen molar-refractivity contribution in [2.24, 2.45) is 0 Å². The highest BCUT2D eigenvalue weighted by atomic mass is 16.5. The van der Waals surface area contributed by atoms with Crippen molar-refractivity contribution >= 4 is 23.5 Å². The van der Waals surface area contributed by atoms with E-state index in [0.717, 1.165) is 6.07 Å². The van der Waals surface area contributed by atoms with E-state index in [1.807, 2.05) is 0 Å². The Balaban J connectivity index is 2.10. The Morgan fingerprint density at radius 1 is 0.938 bits per heavy atom. The van der Waals surface area contributed by atoms with Crippen LogP contribution in [0.25, 0.3) is 0 Å². The number of phenols is 2. The molecule has 0 aliphatic rings. The van der Waals surface area contributed by atoms with Crippen molar-refractivity contribution in [3.05, 3.63) is 71.3 Å². The van der Waals surface area contributed by atoms with Crippen LogP contribution in [0.5, 0.6) is 23.0 Å². The zero-order valence-corrected chi connectivity index (χ0v) is 17.8.